The van der Waals surface area contributed by atoms with Crippen molar-refractivity contribution in [1.29, 1.82) is 0 Å². The second-order valence-corrected chi connectivity index (χ2v) is 9.24. The Hall–Kier alpha value is -2.97. The fraction of sp³-hybridized carbons (Fsp3) is 0.609. The normalized spacial score (nSPS) is 20.1. The summed E-state index contributed by atoms with van der Waals surface area (Å²) in [6, 6.07) is 3.30. The van der Waals surface area contributed by atoms with E-state index in [0.29, 0.717) is 37.7 Å². The molecule has 2 aliphatic heterocycles. The van der Waals surface area contributed by atoms with E-state index in [4.69, 9.17) is 4.98 Å². The van der Waals surface area contributed by atoms with Crippen LogP contribution in [-0.2, 0) is 11.8 Å². The fourth-order valence-electron chi connectivity index (χ4n) is 4.79. The van der Waals surface area contributed by atoms with Gasteiger partial charge in [0.2, 0.25) is 5.91 Å². The molecule has 172 valence electrons. The number of amides is 2. The van der Waals surface area contributed by atoms with Gasteiger partial charge in [0.25, 0.3) is 11.5 Å². The minimum absolute atomic E-state index is 0.00360. The first-order chi connectivity index (χ1) is 15.3. The van der Waals surface area contributed by atoms with Crippen LogP contribution in [-0.4, -0.2) is 67.5 Å². The number of H-pyrrole nitrogens is 1. The molecule has 4 heterocycles. The molecular formula is C23H32N6O3. The molecule has 2 aliphatic rings. The molecular weight excluding hydrogens is 408 g/mol. The van der Waals surface area contributed by atoms with Gasteiger partial charge in [-0.25, -0.2) is 4.98 Å². The topological polar surface area (TPSA) is 104 Å². The van der Waals surface area contributed by atoms with Crippen LogP contribution < -0.4 is 5.56 Å². The molecule has 1 N–H and O–H groups in total. The van der Waals surface area contributed by atoms with Crippen molar-refractivity contribution >= 4 is 11.8 Å². The molecule has 2 saturated heterocycles. The molecule has 32 heavy (non-hydrogen) atoms. The Morgan fingerprint density at radius 2 is 1.84 bits per heavy atom. The Labute approximate surface area is 187 Å². The molecule has 0 bridgehead atoms. The first kappa shape index (κ1) is 22.2. The summed E-state index contributed by atoms with van der Waals surface area (Å²) in [5, 5.41) is 4.10. The van der Waals surface area contributed by atoms with Gasteiger partial charge in [0.15, 0.2) is 0 Å². The number of carbonyl (C=O) groups excluding carboxylic acids is 2. The largest absolute Gasteiger partial charge is 0.342 e. The number of piperidine rings is 2. The molecule has 2 amide bonds. The number of carbonyl (C=O) groups is 2. The zero-order valence-corrected chi connectivity index (χ0v) is 19.1. The monoisotopic (exact) mass is 440 g/mol. The number of hydrogen-bond acceptors (Lipinski definition) is 5. The van der Waals surface area contributed by atoms with Crippen molar-refractivity contribution in [2.75, 3.05) is 26.2 Å². The van der Waals surface area contributed by atoms with Gasteiger partial charge in [-0.3, -0.25) is 19.1 Å². The van der Waals surface area contributed by atoms with Crippen molar-refractivity contribution in [2.24, 2.45) is 13.0 Å². The zero-order chi connectivity index (χ0) is 22.8. The van der Waals surface area contributed by atoms with E-state index in [1.807, 2.05) is 23.6 Å². The second-order valence-electron chi connectivity index (χ2n) is 9.24. The number of likely N-dealkylation sites (tertiary alicyclic amines) is 2. The highest BCUT2D eigenvalue weighted by Crippen LogP contribution is 2.29. The van der Waals surface area contributed by atoms with E-state index in [0.717, 1.165) is 31.4 Å². The fourth-order valence-corrected chi connectivity index (χ4v) is 4.79. The molecule has 2 aromatic heterocycles. The van der Waals surface area contributed by atoms with Gasteiger partial charge in [0.1, 0.15) is 11.5 Å². The van der Waals surface area contributed by atoms with Crippen LogP contribution in [0.25, 0.3) is 0 Å². The third-order valence-electron chi connectivity index (χ3n) is 6.63. The smallest absolute Gasteiger partial charge is 0.272 e. The Morgan fingerprint density at radius 3 is 2.50 bits per heavy atom. The van der Waals surface area contributed by atoms with Crippen LogP contribution in [0.2, 0.25) is 0 Å². The average molecular weight is 441 g/mol. The number of nitrogens with zero attached hydrogens (tertiary/aromatic N) is 5. The Bertz CT molecular complexity index is 1030. The maximum Gasteiger partial charge on any atom is 0.272 e. The number of nitrogens with one attached hydrogen (secondary N) is 1. The molecule has 0 unspecified atom stereocenters. The highest BCUT2D eigenvalue weighted by molar-refractivity contribution is 5.92. The third kappa shape index (κ3) is 4.61. The lowest BCUT2D eigenvalue weighted by atomic mass is 9.92. The highest BCUT2D eigenvalue weighted by Gasteiger charge is 2.30. The highest BCUT2D eigenvalue weighted by atomic mass is 16.2. The van der Waals surface area contributed by atoms with Gasteiger partial charge in [0, 0.05) is 63.2 Å². The average Bonchev–Trinajstić information content (AvgIpc) is 3.23. The lowest BCUT2D eigenvalue weighted by Gasteiger charge is -2.34. The van der Waals surface area contributed by atoms with E-state index in [2.05, 4.69) is 10.1 Å². The van der Waals surface area contributed by atoms with Gasteiger partial charge in [-0.2, -0.15) is 5.10 Å². The van der Waals surface area contributed by atoms with Gasteiger partial charge < -0.3 is 14.8 Å². The molecule has 2 fully saturated rings. The number of aromatic amines is 1. The summed E-state index contributed by atoms with van der Waals surface area (Å²) < 4.78 is 1.59. The molecule has 0 spiro atoms. The zero-order valence-electron chi connectivity index (χ0n) is 19.1. The van der Waals surface area contributed by atoms with Crippen LogP contribution in [0.1, 0.15) is 73.4 Å². The molecule has 0 aliphatic carbocycles. The van der Waals surface area contributed by atoms with Gasteiger partial charge >= 0.3 is 0 Å². The summed E-state index contributed by atoms with van der Waals surface area (Å²) in [6.07, 6.45) is 4.97. The standard InChI is InChI=1S/C23H32N6O3/c1-15(2)22(31)28-11-7-16(8-12-28)21-25-18(13-20(30)26-21)17-5-4-10-29(14-17)23(32)19-6-9-24-27(19)3/h6,9,13,15-17H,4-5,7-8,10-12,14H2,1-3H3,(H,25,26,30)/t17-/m0/s1. The molecule has 0 saturated carbocycles. The van der Waals surface area contributed by atoms with E-state index in [-0.39, 0.29) is 35.1 Å². The number of aromatic nitrogens is 4. The van der Waals surface area contributed by atoms with E-state index in [9.17, 15) is 14.4 Å². The lowest BCUT2D eigenvalue weighted by molar-refractivity contribution is -0.135. The summed E-state index contributed by atoms with van der Waals surface area (Å²) >= 11 is 0. The van der Waals surface area contributed by atoms with E-state index in [1.165, 1.54) is 0 Å². The van der Waals surface area contributed by atoms with Gasteiger partial charge in [-0.15, -0.1) is 0 Å². The minimum Gasteiger partial charge on any atom is -0.342 e. The first-order valence-electron chi connectivity index (χ1n) is 11.5. The second kappa shape index (κ2) is 9.26. The molecule has 4 rings (SSSR count). The van der Waals surface area contributed by atoms with Crippen LogP contribution in [0.15, 0.2) is 23.1 Å². The molecule has 9 heteroatoms. The van der Waals surface area contributed by atoms with Crippen molar-refractivity contribution in [3.8, 4) is 0 Å². The molecule has 0 aromatic carbocycles. The van der Waals surface area contributed by atoms with Crippen LogP contribution >= 0.6 is 0 Å². The van der Waals surface area contributed by atoms with E-state index in [1.54, 1.807) is 30.1 Å². The molecule has 2 aromatic rings. The Kier molecular flexibility index (Phi) is 6.43. The predicted octanol–water partition coefficient (Wildman–Crippen LogP) is 1.89. The minimum atomic E-state index is -0.152. The summed E-state index contributed by atoms with van der Waals surface area (Å²) in [5.41, 5.74) is 1.17. The number of aryl methyl sites for hydroxylation is 1. The summed E-state index contributed by atoms with van der Waals surface area (Å²) in [7, 11) is 1.76. The third-order valence-corrected chi connectivity index (χ3v) is 6.63. The Balaban J connectivity index is 1.47. The van der Waals surface area contributed by atoms with Crippen molar-refractivity contribution in [2.45, 2.75) is 51.4 Å². The molecule has 9 nitrogen and oxygen atoms in total. The van der Waals surface area contributed by atoms with Crippen LogP contribution in [0.3, 0.4) is 0 Å². The van der Waals surface area contributed by atoms with Crippen molar-refractivity contribution < 1.29 is 9.59 Å². The van der Waals surface area contributed by atoms with Crippen molar-refractivity contribution in [3.63, 3.8) is 0 Å². The van der Waals surface area contributed by atoms with Crippen LogP contribution in [0.4, 0.5) is 0 Å². The first-order valence-corrected chi connectivity index (χ1v) is 11.5. The SMILES string of the molecule is CC(C)C(=O)N1CCC(c2nc([C@H]3CCCN(C(=O)c4ccnn4C)C3)cc(=O)[nH]2)CC1. The Morgan fingerprint density at radius 1 is 1.09 bits per heavy atom. The van der Waals surface area contributed by atoms with Crippen LogP contribution in [0, 0.1) is 5.92 Å². The van der Waals surface area contributed by atoms with Gasteiger partial charge in [-0.1, -0.05) is 13.8 Å². The maximum atomic E-state index is 12.9. The number of hydrogen-bond donors (Lipinski definition) is 1. The van der Waals surface area contributed by atoms with Crippen molar-refractivity contribution in [1.82, 2.24) is 29.5 Å². The summed E-state index contributed by atoms with van der Waals surface area (Å²) in [6.45, 7) is 6.45. The predicted molar refractivity (Wildman–Crippen MR) is 119 cm³/mol. The summed E-state index contributed by atoms with van der Waals surface area (Å²) in [5.74, 6) is 1.01. The maximum absolute atomic E-state index is 12.9. The quantitative estimate of drug-likeness (QED) is 0.782. The van der Waals surface area contributed by atoms with Crippen LogP contribution in [0.5, 0.6) is 0 Å². The summed E-state index contributed by atoms with van der Waals surface area (Å²) in [4.78, 5) is 49.1. The molecule has 1 atom stereocenters. The van der Waals surface area contributed by atoms with E-state index < -0.39 is 0 Å². The van der Waals surface area contributed by atoms with Gasteiger partial charge in [0.05, 0.1) is 5.69 Å². The lowest BCUT2D eigenvalue weighted by Crippen LogP contribution is -2.41. The van der Waals surface area contributed by atoms with E-state index >= 15 is 0 Å². The van der Waals surface area contributed by atoms with Crippen molar-refractivity contribution in [3.05, 3.63) is 45.9 Å². The number of rotatable bonds is 4. The van der Waals surface area contributed by atoms with Gasteiger partial charge in [-0.05, 0) is 31.7 Å². The molecule has 0 radical (unpaired) electrons.